The molecule has 0 saturated heterocycles. The summed E-state index contributed by atoms with van der Waals surface area (Å²) in [6.45, 7) is 3.61. The maximum atomic E-state index is 7.05. The minimum absolute atomic E-state index is 0.113. The molecule has 1 aromatic rings. The molecule has 0 amide bonds. The Morgan fingerprint density at radius 2 is 2.43 bits per heavy atom. The van der Waals surface area contributed by atoms with Gasteiger partial charge < -0.3 is 16.4 Å². The molecule has 0 radical (unpaired) electrons. The molecule has 1 rings (SSSR count). The van der Waals surface area contributed by atoms with Crippen molar-refractivity contribution >= 4 is 11.8 Å². The van der Waals surface area contributed by atoms with E-state index in [0.717, 1.165) is 0 Å². The summed E-state index contributed by atoms with van der Waals surface area (Å²) in [5, 5.41) is 12.7. The average Bonchev–Trinajstić information content (AvgIpc) is 2.17. The van der Waals surface area contributed by atoms with Gasteiger partial charge in [-0.3, -0.25) is 5.41 Å². The smallest absolute Gasteiger partial charge is 0.187 e. The van der Waals surface area contributed by atoms with Gasteiger partial charge in [-0.2, -0.15) is 0 Å². The van der Waals surface area contributed by atoms with E-state index < -0.39 is 0 Å². The molecule has 0 aliphatic carbocycles. The molecule has 0 aliphatic heterocycles. The van der Waals surface area contributed by atoms with Crippen LogP contribution < -0.4 is 16.4 Å². The molecule has 1 heterocycles. The molecule has 0 aromatic carbocycles. The minimum Gasteiger partial charge on any atom is -0.370 e. The van der Waals surface area contributed by atoms with Gasteiger partial charge in [0.2, 0.25) is 0 Å². The number of aromatic nitrogens is 1. The van der Waals surface area contributed by atoms with E-state index in [-0.39, 0.29) is 12.1 Å². The van der Waals surface area contributed by atoms with Crippen molar-refractivity contribution in [2.75, 3.05) is 5.32 Å². The Morgan fingerprint density at radius 1 is 1.64 bits per heavy atom. The summed E-state index contributed by atoms with van der Waals surface area (Å²) in [4.78, 5) is 4.06. The molecule has 5 N–H and O–H groups in total. The standard InChI is InChI=1S/C9H13N5/c1-2-7(14-9(10)11)13-8-5-3-4-6-12-8/h2-7H,1H2,(H,12,13)(H4,10,11,14). The van der Waals surface area contributed by atoms with Gasteiger partial charge in [-0.15, -0.1) is 0 Å². The van der Waals surface area contributed by atoms with Crippen LogP contribution in [0.2, 0.25) is 0 Å². The van der Waals surface area contributed by atoms with Crippen molar-refractivity contribution in [3.63, 3.8) is 0 Å². The van der Waals surface area contributed by atoms with E-state index in [0.29, 0.717) is 5.82 Å². The van der Waals surface area contributed by atoms with Crippen molar-refractivity contribution in [2.45, 2.75) is 6.17 Å². The summed E-state index contributed by atoms with van der Waals surface area (Å²) in [5.41, 5.74) is 5.19. The first-order valence-corrected chi connectivity index (χ1v) is 4.13. The second-order valence-corrected chi connectivity index (χ2v) is 2.63. The third kappa shape index (κ3) is 3.14. The maximum Gasteiger partial charge on any atom is 0.187 e. The lowest BCUT2D eigenvalue weighted by molar-refractivity contribution is 0.805. The van der Waals surface area contributed by atoms with Gasteiger partial charge in [0.25, 0.3) is 0 Å². The lowest BCUT2D eigenvalue weighted by Gasteiger charge is -2.16. The van der Waals surface area contributed by atoms with Gasteiger partial charge >= 0.3 is 0 Å². The topological polar surface area (TPSA) is 86.8 Å². The molecule has 1 aromatic heterocycles. The van der Waals surface area contributed by atoms with Crippen molar-refractivity contribution in [3.05, 3.63) is 37.1 Å². The number of hydrogen-bond donors (Lipinski definition) is 4. The van der Waals surface area contributed by atoms with Crippen molar-refractivity contribution in [1.29, 1.82) is 5.41 Å². The van der Waals surface area contributed by atoms with Crippen LogP contribution in [0.25, 0.3) is 0 Å². The molecule has 1 atom stereocenters. The van der Waals surface area contributed by atoms with Gasteiger partial charge in [-0.1, -0.05) is 12.6 Å². The van der Waals surface area contributed by atoms with Gasteiger partial charge in [0.15, 0.2) is 5.96 Å². The molecule has 0 saturated carbocycles. The second kappa shape index (κ2) is 4.86. The van der Waals surface area contributed by atoms with Crippen molar-refractivity contribution in [3.8, 4) is 0 Å². The Bertz CT molecular complexity index is 308. The Kier molecular flexibility index (Phi) is 3.49. The third-order valence-corrected chi connectivity index (χ3v) is 1.51. The van der Waals surface area contributed by atoms with E-state index in [1.165, 1.54) is 0 Å². The summed E-state index contributed by atoms with van der Waals surface area (Å²) in [5.74, 6) is 0.587. The quantitative estimate of drug-likeness (QED) is 0.241. The fourth-order valence-corrected chi connectivity index (χ4v) is 0.929. The van der Waals surface area contributed by atoms with Crippen LogP contribution in [-0.2, 0) is 0 Å². The van der Waals surface area contributed by atoms with Gasteiger partial charge in [-0.25, -0.2) is 4.98 Å². The molecule has 0 spiro atoms. The second-order valence-electron chi connectivity index (χ2n) is 2.63. The van der Waals surface area contributed by atoms with E-state index >= 15 is 0 Å². The van der Waals surface area contributed by atoms with Crippen LogP contribution in [0.1, 0.15) is 0 Å². The van der Waals surface area contributed by atoms with Crippen LogP contribution in [0.4, 0.5) is 5.82 Å². The van der Waals surface area contributed by atoms with Crippen LogP contribution in [0.3, 0.4) is 0 Å². The van der Waals surface area contributed by atoms with E-state index in [1.54, 1.807) is 12.3 Å². The monoisotopic (exact) mass is 191 g/mol. The van der Waals surface area contributed by atoms with Crippen molar-refractivity contribution < 1.29 is 0 Å². The van der Waals surface area contributed by atoms with Crippen LogP contribution in [0.5, 0.6) is 0 Å². The highest BCUT2D eigenvalue weighted by molar-refractivity contribution is 5.75. The summed E-state index contributed by atoms with van der Waals surface area (Å²) < 4.78 is 0. The van der Waals surface area contributed by atoms with Gasteiger partial charge in [0, 0.05) is 6.20 Å². The zero-order chi connectivity index (χ0) is 10.4. The zero-order valence-electron chi connectivity index (χ0n) is 7.70. The highest BCUT2D eigenvalue weighted by atomic mass is 15.2. The SMILES string of the molecule is C=CC(NC(=N)N)Nc1ccccn1. The molecule has 0 fully saturated rings. The van der Waals surface area contributed by atoms with Gasteiger partial charge in [0.1, 0.15) is 12.0 Å². The predicted molar refractivity (Wildman–Crippen MR) is 56.9 cm³/mol. The molecule has 74 valence electrons. The van der Waals surface area contributed by atoms with Crippen LogP contribution in [0, 0.1) is 5.41 Å². The lowest BCUT2D eigenvalue weighted by atomic mass is 10.4. The van der Waals surface area contributed by atoms with Gasteiger partial charge in [-0.05, 0) is 18.2 Å². The zero-order valence-corrected chi connectivity index (χ0v) is 7.70. The lowest BCUT2D eigenvalue weighted by Crippen LogP contribution is -2.42. The third-order valence-electron chi connectivity index (χ3n) is 1.51. The summed E-state index contributed by atoms with van der Waals surface area (Å²) in [6, 6.07) is 5.51. The fraction of sp³-hybridized carbons (Fsp3) is 0.111. The number of pyridine rings is 1. The number of nitrogens with two attached hydrogens (primary N) is 1. The fourth-order valence-electron chi connectivity index (χ4n) is 0.929. The molecular formula is C9H13N5. The molecule has 0 bridgehead atoms. The van der Waals surface area contributed by atoms with E-state index in [9.17, 15) is 0 Å². The van der Waals surface area contributed by atoms with E-state index in [1.807, 2.05) is 18.2 Å². The number of nitrogens with zero attached hydrogens (tertiary/aromatic N) is 1. The number of guanidine groups is 1. The summed E-state index contributed by atoms with van der Waals surface area (Å²) in [6.07, 6.45) is 2.99. The first kappa shape index (κ1) is 10.0. The summed E-state index contributed by atoms with van der Waals surface area (Å²) >= 11 is 0. The van der Waals surface area contributed by atoms with Gasteiger partial charge in [0.05, 0.1) is 0 Å². The highest BCUT2D eigenvalue weighted by Crippen LogP contribution is 2.01. The molecule has 5 heteroatoms. The van der Waals surface area contributed by atoms with Crippen LogP contribution >= 0.6 is 0 Å². The van der Waals surface area contributed by atoms with Crippen LogP contribution in [-0.4, -0.2) is 17.1 Å². The van der Waals surface area contributed by atoms with Crippen LogP contribution in [0.15, 0.2) is 37.1 Å². The highest BCUT2D eigenvalue weighted by Gasteiger charge is 2.02. The van der Waals surface area contributed by atoms with E-state index in [4.69, 9.17) is 11.1 Å². The number of rotatable bonds is 4. The first-order chi connectivity index (χ1) is 6.72. The normalized spacial score (nSPS) is 11.4. The van der Waals surface area contributed by atoms with Crippen molar-refractivity contribution in [2.24, 2.45) is 5.73 Å². The Hall–Kier alpha value is -2.04. The first-order valence-electron chi connectivity index (χ1n) is 4.13. The Morgan fingerprint density at radius 3 is 2.93 bits per heavy atom. The Balaban J connectivity index is 2.57. The number of anilines is 1. The van der Waals surface area contributed by atoms with Crippen molar-refractivity contribution in [1.82, 2.24) is 10.3 Å². The molecule has 1 unspecified atom stereocenters. The average molecular weight is 191 g/mol. The number of nitrogens with one attached hydrogen (secondary N) is 3. The number of hydrogen-bond acceptors (Lipinski definition) is 3. The maximum absolute atomic E-state index is 7.05. The Labute approximate surface area is 82.5 Å². The molecule has 0 aliphatic rings. The molecule has 14 heavy (non-hydrogen) atoms. The minimum atomic E-state index is -0.289. The predicted octanol–water partition coefficient (Wildman–Crippen LogP) is 0.489. The molecular weight excluding hydrogens is 178 g/mol. The summed E-state index contributed by atoms with van der Waals surface area (Å²) in [7, 11) is 0. The van der Waals surface area contributed by atoms with E-state index in [2.05, 4.69) is 22.2 Å². The largest absolute Gasteiger partial charge is 0.370 e. The molecule has 5 nitrogen and oxygen atoms in total.